The molecular formula is C15H18F2N4. The standard InChI is InChI=1S/C15H18F2N4/c1-9(2)5-12-8-15(21-18)20-14(19-12)6-10-3-4-11(16)7-13(10)17/h3-4,7-9H,5-6,18H2,1-2H3,(H,19,20,21). The zero-order valence-corrected chi connectivity index (χ0v) is 12.0. The Morgan fingerprint density at radius 1 is 1.19 bits per heavy atom. The Hall–Kier alpha value is -2.08. The molecule has 0 unspecified atom stereocenters. The molecule has 2 aromatic rings. The molecule has 1 aromatic carbocycles. The molecule has 0 bridgehead atoms. The maximum atomic E-state index is 13.7. The minimum atomic E-state index is -0.602. The van der Waals surface area contributed by atoms with Crippen molar-refractivity contribution in [1.29, 1.82) is 0 Å². The van der Waals surface area contributed by atoms with E-state index in [2.05, 4.69) is 29.2 Å². The van der Waals surface area contributed by atoms with Crippen molar-refractivity contribution >= 4 is 5.82 Å². The van der Waals surface area contributed by atoms with Gasteiger partial charge in [0.25, 0.3) is 0 Å². The summed E-state index contributed by atoms with van der Waals surface area (Å²) in [5.41, 5.74) is 3.67. The van der Waals surface area contributed by atoms with Gasteiger partial charge in [-0.15, -0.1) is 0 Å². The fourth-order valence-electron chi connectivity index (χ4n) is 2.06. The van der Waals surface area contributed by atoms with Crippen molar-refractivity contribution in [1.82, 2.24) is 9.97 Å². The molecule has 3 N–H and O–H groups in total. The van der Waals surface area contributed by atoms with Gasteiger partial charge in [-0.3, -0.25) is 0 Å². The van der Waals surface area contributed by atoms with Gasteiger partial charge in [-0.2, -0.15) is 0 Å². The third-order valence-electron chi connectivity index (χ3n) is 2.95. The summed E-state index contributed by atoms with van der Waals surface area (Å²) >= 11 is 0. The number of nitrogen functional groups attached to an aromatic ring is 1. The Labute approximate surface area is 122 Å². The largest absolute Gasteiger partial charge is 0.308 e. The summed E-state index contributed by atoms with van der Waals surface area (Å²) in [4.78, 5) is 8.62. The maximum absolute atomic E-state index is 13.7. The molecule has 112 valence electrons. The van der Waals surface area contributed by atoms with E-state index in [1.165, 1.54) is 12.1 Å². The molecule has 0 radical (unpaired) electrons. The van der Waals surface area contributed by atoms with Crippen molar-refractivity contribution in [3.8, 4) is 0 Å². The van der Waals surface area contributed by atoms with Crippen LogP contribution in [0.5, 0.6) is 0 Å². The second-order valence-corrected chi connectivity index (χ2v) is 5.32. The number of hydrogen-bond acceptors (Lipinski definition) is 4. The average Bonchev–Trinajstić information content (AvgIpc) is 2.41. The number of nitrogens with zero attached hydrogens (tertiary/aromatic N) is 2. The van der Waals surface area contributed by atoms with Crippen molar-refractivity contribution in [2.75, 3.05) is 5.43 Å². The first-order valence-electron chi connectivity index (χ1n) is 6.75. The van der Waals surface area contributed by atoms with E-state index >= 15 is 0 Å². The highest BCUT2D eigenvalue weighted by molar-refractivity contribution is 5.35. The van der Waals surface area contributed by atoms with Gasteiger partial charge in [0.05, 0.1) is 0 Å². The van der Waals surface area contributed by atoms with Crippen LogP contribution in [0.4, 0.5) is 14.6 Å². The SMILES string of the molecule is CC(C)Cc1cc(NN)nc(Cc2ccc(F)cc2F)n1. The molecule has 1 aromatic heterocycles. The van der Waals surface area contributed by atoms with E-state index in [0.717, 1.165) is 18.2 Å². The Balaban J connectivity index is 2.29. The van der Waals surface area contributed by atoms with Crippen LogP contribution in [0.15, 0.2) is 24.3 Å². The number of anilines is 1. The normalized spacial score (nSPS) is 11.0. The summed E-state index contributed by atoms with van der Waals surface area (Å²) in [6.45, 7) is 4.16. The number of rotatable bonds is 5. The van der Waals surface area contributed by atoms with Crippen LogP contribution in [0.25, 0.3) is 0 Å². The molecule has 21 heavy (non-hydrogen) atoms. The molecule has 0 aliphatic carbocycles. The number of aromatic nitrogens is 2. The van der Waals surface area contributed by atoms with E-state index in [0.29, 0.717) is 23.1 Å². The first-order valence-corrected chi connectivity index (χ1v) is 6.75. The van der Waals surface area contributed by atoms with Crippen LogP contribution in [0.3, 0.4) is 0 Å². The highest BCUT2D eigenvalue weighted by Crippen LogP contribution is 2.16. The Morgan fingerprint density at radius 3 is 2.57 bits per heavy atom. The number of nitrogens with one attached hydrogen (secondary N) is 1. The zero-order valence-electron chi connectivity index (χ0n) is 12.0. The number of halogens is 2. The third kappa shape index (κ3) is 4.19. The van der Waals surface area contributed by atoms with Crippen molar-refractivity contribution in [2.24, 2.45) is 11.8 Å². The Kier molecular flexibility index (Phi) is 4.80. The van der Waals surface area contributed by atoms with Crippen LogP contribution in [-0.4, -0.2) is 9.97 Å². The van der Waals surface area contributed by atoms with Crippen LogP contribution < -0.4 is 11.3 Å². The monoisotopic (exact) mass is 292 g/mol. The van der Waals surface area contributed by atoms with Gasteiger partial charge in [-0.1, -0.05) is 19.9 Å². The molecule has 0 atom stereocenters. The van der Waals surface area contributed by atoms with Gasteiger partial charge in [-0.25, -0.2) is 24.6 Å². The molecule has 0 amide bonds. The molecule has 6 heteroatoms. The lowest BCUT2D eigenvalue weighted by atomic mass is 10.1. The third-order valence-corrected chi connectivity index (χ3v) is 2.95. The van der Waals surface area contributed by atoms with E-state index in [9.17, 15) is 8.78 Å². The minimum Gasteiger partial charge on any atom is -0.308 e. The van der Waals surface area contributed by atoms with E-state index < -0.39 is 11.6 Å². The molecule has 0 aliphatic heterocycles. The smallest absolute Gasteiger partial charge is 0.143 e. The van der Waals surface area contributed by atoms with Crippen LogP contribution >= 0.6 is 0 Å². The van der Waals surface area contributed by atoms with Crippen LogP contribution in [0.2, 0.25) is 0 Å². The van der Waals surface area contributed by atoms with Crippen LogP contribution in [0.1, 0.15) is 30.9 Å². The van der Waals surface area contributed by atoms with Crippen LogP contribution in [-0.2, 0) is 12.8 Å². The molecule has 0 fully saturated rings. The van der Waals surface area contributed by atoms with E-state index in [-0.39, 0.29) is 6.42 Å². The highest BCUT2D eigenvalue weighted by atomic mass is 19.1. The predicted molar refractivity (Wildman–Crippen MR) is 77.5 cm³/mol. The molecule has 0 spiro atoms. The number of nitrogens with two attached hydrogens (primary N) is 1. The van der Waals surface area contributed by atoms with Gasteiger partial charge < -0.3 is 5.43 Å². The van der Waals surface area contributed by atoms with Gasteiger partial charge in [0.2, 0.25) is 0 Å². The Bertz CT molecular complexity index is 629. The molecule has 2 rings (SSSR count). The van der Waals surface area contributed by atoms with E-state index in [4.69, 9.17) is 5.84 Å². The summed E-state index contributed by atoms with van der Waals surface area (Å²) in [7, 11) is 0. The topological polar surface area (TPSA) is 63.8 Å². The molecule has 0 aliphatic rings. The van der Waals surface area contributed by atoms with E-state index in [1.807, 2.05) is 0 Å². The fourth-order valence-corrected chi connectivity index (χ4v) is 2.06. The summed E-state index contributed by atoms with van der Waals surface area (Å²) in [5.74, 6) is 5.56. The molecule has 0 saturated carbocycles. The molecule has 0 saturated heterocycles. The first kappa shape index (κ1) is 15.3. The highest BCUT2D eigenvalue weighted by Gasteiger charge is 2.10. The second-order valence-electron chi connectivity index (χ2n) is 5.32. The fraction of sp³-hybridized carbons (Fsp3) is 0.333. The Morgan fingerprint density at radius 2 is 1.95 bits per heavy atom. The van der Waals surface area contributed by atoms with Gasteiger partial charge in [0.1, 0.15) is 23.3 Å². The second kappa shape index (κ2) is 6.58. The number of benzene rings is 1. The first-order chi connectivity index (χ1) is 9.97. The van der Waals surface area contributed by atoms with Crippen molar-refractivity contribution in [3.63, 3.8) is 0 Å². The van der Waals surface area contributed by atoms with Crippen molar-refractivity contribution in [3.05, 3.63) is 53.0 Å². The molecular weight excluding hydrogens is 274 g/mol. The zero-order chi connectivity index (χ0) is 15.4. The summed E-state index contributed by atoms with van der Waals surface area (Å²) < 4.78 is 26.6. The quantitative estimate of drug-likeness (QED) is 0.657. The van der Waals surface area contributed by atoms with Gasteiger partial charge in [0, 0.05) is 24.2 Å². The van der Waals surface area contributed by atoms with Crippen LogP contribution in [0, 0.1) is 17.6 Å². The van der Waals surface area contributed by atoms with Gasteiger partial charge in [0.15, 0.2) is 0 Å². The maximum Gasteiger partial charge on any atom is 0.143 e. The van der Waals surface area contributed by atoms with Gasteiger partial charge in [-0.05, 0) is 24.0 Å². The number of hydrogen-bond donors (Lipinski definition) is 2. The molecule has 4 nitrogen and oxygen atoms in total. The predicted octanol–water partition coefficient (Wildman–Crippen LogP) is 2.83. The van der Waals surface area contributed by atoms with Gasteiger partial charge >= 0.3 is 0 Å². The number of hydrazine groups is 1. The minimum absolute atomic E-state index is 0.187. The lowest BCUT2D eigenvalue weighted by Gasteiger charge is -2.10. The summed E-state index contributed by atoms with van der Waals surface area (Å²) in [6.07, 6.45) is 0.961. The lowest BCUT2D eigenvalue weighted by Crippen LogP contribution is -2.13. The van der Waals surface area contributed by atoms with Crippen molar-refractivity contribution < 1.29 is 8.78 Å². The van der Waals surface area contributed by atoms with Crippen molar-refractivity contribution in [2.45, 2.75) is 26.7 Å². The lowest BCUT2D eigenvalue weighted by molar-refractivity contribution is 0.573. The summed E-state index contributed by atoms with van der Waals surface area (Å²) in [6, 6.07) is 5.25. The van der Waals surface area contributed by atoms with E-state index in [1.54, 1.807) is 6.07 Å². The molecule has 1 heterocycles. The summed E-state index contributed by atoms with van der Waals surface area (Å²) in [5, 5.41) is 0. The average molecular weight is 292 g/mol.